The number of aromatic nitrogens is 2. The zero-order valence-electron chi connectivity index (χ0n) is 20.2. The Bertz CT molecular complexity index is 1070. The van der Waals surface area contributed by atoms with E-state index < -0.39 is 6.10 Å². The van der Waals surface area contributed by atoms with E-state index >= 15 is 0 Å². The average molecular weight is 484 g/mol. The number of aryl methyl sites for hydroxylation is 1. The molecular formula is C27H34ClN3O3. The molecule has 7 heteroatoms. The van der Waals surface area contributed by atoms with E-state index in [9.17, 15) is 5.11 Å². The van der Waals surface area contributed by atoms with E-state index in [1.807, 2.05) is 61.5 Å². The molecule has 0 amide bonds. The number of nitrogens with zero attached hydrogens (tertiary/aromatic N) is 3. The minimum atomic E-state index is -0.418. The predicted molar refractivity (Wildman–Crippen MR) is 137 cm³/mol. The van der Waals surface area contributed by atoms with Gasteiger partial charge in [0, 0.05) is 18.1 Å². The second kappa shape index (κ2) is 12.6. The third-order valence-electron chi connectivity index (χ3n) is 5.56. The van der Waals surface area contributed by atoms with Gasteiger partial charge in [-0.15, -0.1) is 6.58 Å². The molecule has 0 aliphatic carbocycles. The molecule has 34 heavy (non-hydrogen) atoms. The van der Waals surface area contributed by atoms with Gasteiger partial charge in [-0.1, -0.05) is 30.7 Å². The van der Waals surface area contributed by atoms with Crippen LogP contribution in [-0.4, -0.2) is 46.1 Å². The highest BCUT2D eigenvalue weighted by atomic mass is 35.5. The highest BCUT2D eigenvalue weighted by Gasteiger charge is 2.22. The van der Waals surface area contributed by atoms with Gasteiger partial charge in [0.25, 0.3) is 0 Å². The second-order valence-electron chi connectivity index (χ2n) is 8.29. The maximum absolute atomic E-state index is 10.5. The molecule has 1 atom stereocenters. The summed E-state index contributed by atoms with van der Waals surface area (Å²) in [5, 5.41) is 15.9. The summed E-state index contributed by atoms with van der Waals surface area (Å²) in [6.45, 7) is 9.92. The van der Waals surface area contributed by atoms with E-state index in [1.54, 1.807) is 11.8 Å². The van der Waals surface area contributed by atoms with Gasteiger partial charge < -0.3 is 14.6 Å². The first-order valence-corrected chi connectivity index (χ1v) is 12.0. The summed E-state index contributed by atoms with van der Waals surface area (Å²) < 4.78 is 13.5. The van der Waals surface area contributed by atoms with E-state index in [0.29, 0.717) is 36.2 Å². The maximum Gasteiger partial charge on any atom is 0.227 e. The molecule has 0 saturated carbocycles. The van der Waals surface area contributed by atoms with Crippen molar-refractivity contribution in [2.75, 3.05) is 20.2 Å². The maximum atomic E-state index is 10.5. The molecule has 0 saturated heterocycles. The Morgan fingerprint density at radius 3 is 2.59 bits per heavy atom. The lowest BCUT2D eigenvalue weighted by Gasteiger charge is -2.25. The molecule has 6 nitrogen and oxygen atoms in total. The standard InChI is InChI=1S/C27H34ClN3O3/c1-5-7-11-23(32)18-30(16-6-2)19-26-20(3)29-31(22-10-8-9-21(28)17-22)27(26)34-25-14-12-24(33-4)13-15-25/h5,8-10,12-15,17,23,32H,1,6-7,11,16,18-19H2,2-4H3/t23-/m1/s1. The molecule has 2 aromatic carbocycles. The van der Waals surface area contributed by atoms with E-state index in [2.05, 4.69) is 18.4 Å². The molecule has 0 bridgehead atoms. The van der Waals surface area contributed by atoms with Crippen molar-refractivity contribution in [1.82, 2.24) is 14.7 Å². The third-order valence-corrected chi connectivity index (χ3v) is 5.79. The summed E-state index contributed by atoms with van der Waals surface area (Å²) in [7, 11) is 1.64. The first kappa shape index (κ1) is 25.8. The fourth-order valence-corrected chi connectivity index (χ4v) is 4.02. The van der Waals surface area contributed by atoms with Crippen LogP contribution in [0.4, 0.5) is 0 Å². The number of allylic oxidation sites excluding steroid dienone is 1. The molecule has 0 spiro atoms. The van der Waals surface area contributed by atoms with Crippen molar-refractivity contribution in [3.05, 3.63) is 77.5 Å². The Labute approximate surface area is 207 Å². The van der Waals surface area contributed by atoms with Crippen molar-refractivity contribution < 1.29 is 14.6 Å². The molecule has 0 unspecified atom stereocenters. The van der Waals surface area contributed by atoms with E-state index in [0.717, 1.165) is 42.1 Å². The van der Waals surface area contributed by atoms with Gasteiger partial charge >= 0.3 is 0 Å². The zero-order chi connectivity index (χ0) is 24.5. The molecule has 182 valence electrons. The summed E-state index contributed by atoms with van der Waals surface area (Å²) >= 11 is 6.27. The van der Waals surface area contributed by atoms with Gasteiger partial charge in [-0.25, -0.2) is 4.68 Å². The lowest BCUT2D eigenvalue weighted by Crippen LogP contribution is -2.33. The van der Waals surface area contributed by atoms with Crippen molar-refractivity contribution in [3.63, 3.8) is 0 Å². The Hall–Kier alpha value is -2.80. The average Bonchev–Trinajstić information content (AvgIpc) is 3.13. The first-order valence-electron chi connectivity index (χ1n) is 11.6. The fraction of sp³-hybridized carbons (Fsp3) is 0.370. The second-order valence-corrected chi connectivity index (χ2v) is 8.73. The van der Waals surface area contributed by atoms with E-state index in [4.69, 9.17) is 26.2 Å². The number of aliphatic hydroxyl groups excluding tert-OH is 1. The largest absolute Gasteiger partial charge is 0.497 e. The number of hydrogen-bond donors (Lipinski definition) is 1. The number of methoxy groups -OCH3 is 1. The Balaban J connectivity index is 1.97. The summed E-state index contributed by atoms with van der Waals surface area (Å²) in [6, 6.07) is 15.0. The van der Waals surface area contributed by atoms with Gasteiger partial charge in [-0.3, -0.25) is 4.90 Å². The van der Waals surface area contributed by atoms with Gasteiger partial charge in [0.2, 0.25) is 5.88 Å². The van der Waals surface area contributed by atoms with Crippen molar-refractivity contribution in [1.29, 1.82) is 0 Å². The summed E-state index contributed by atoms with van der Waals surface area (Å²) in [5.74, 6) is 2.07. The highest BCUT2D eigenvalue weighted by Crippen LogP contribution is 2.33. The number of halogens is 1. The summed E-state index contributed by atoms with van der Waals surface area (Å²) in [6.07, 6.45) is 3.88. The van der Waals surface area contributed by atoms with E-state index in [1.165, 1.54) is 0 Å². The SMILES string of the molecule is C=CCC[C@@H](O)CN(CCC)Cc1c(C)nn(-c2cccc(Cl)c2)c1Oc1ccc(OC)cc1. The normalized spacial score (nSPS) is 12.1. The fourth-order valence-electron chi connectivity index (χ4n) is 3.84. The van der Waals surface area contributed by atoms with Crippen LogP contribution in [0.25, 0.3) is 5.69 Å². The summed E-state index contributed by atoms with van der Waals surface area (Å²) in [4.78, 5) is 2.25. The molecule has 1 N–H and O–H groups in total. The Morgan fingerprint density at radius 1 is 1.21 bits per heavy atom. The minimum Gasteiger partial charge on any atom is -0.497 e. The molecular weight excluding hydrogens is 450 g/mol. The van der Waals surface area contributed by atoms with Crippen LogP contribution in [0.3, 0.4) is 0 Å². The quantitative estimate of drug-likeness (QED) is 0.294. The van der Waals surface area contributed by atoms with Crippen LogP contribution in [0, 0.1) is 6.92 Å². The molecule has 3 aromatic rings. The van der Waals surface area contributed by atoms with Crippen molar-refractivity contribution in [3.8, 4) is 23.1 Å². The van der Waals surface area contributed by atoms with Crippen LogP contribution in [-0.2, 0) is 6.54 Å². The van der Waals surface area contributed by atoms with Crippen LogP contribution in [0.5, 0.6) is 17.4 Å². The lowest BCUT2D eigenvalue weighted by molar-refractivity contribution is 0.102. The Kier molecular flexibility index (Phi) is 9.57. The zero-order valence-corrected chi connectivity index (χ0v) is 21.0. The molecule has 0 aliphatic rings. The number of rotatable bonds is 13. The molecule has 1 aromatic heterocycles. The highest BCUT2D eigenvalue weighted by molar-refractivity contribution is 6.30. The molecule has 3 rings (SSSR count). The van der Waals surface area contributed by atoms with E-state index in [-0.39, 0.29) is 0 Å². The van der Waals surface area contributed by atoms with Gasteiger partial charge in [0.1, 0.15) is 11.5 Å². The number of ether oxygens (including phenoxy) is 2. The summed E-state index contributed by atoms with van der Waals surface area (Å²) in [5.41, 5.74) is 2.66. The molecule has 0 fully saturated rings. The first-order chi connectivity index (χ1) is 16.4. The van der Waals surface area contributed by atoms with Gasteiger partial charge in [0.05, 0.1) is 30.2 Å². The van der Waals surface area contributed by atoms with Crippen LogP contribution < -0.4 is 9.47 Å². The van der Waals surface area contributed by atoms with Crippen LogP contribution in [0.1, 0.15) is 37.4 Å². The number of aliphatic hydroxyl groups is 1. The third kappa shape index (κ3) is 6.86. The lowest BCUT2D eigenvalue weighted by atomic mass is 10.1. The molecule has 0 radical (unpaired) electrons. The van der Waals surface area contributed by atoms with Gasteiger partial charge in [0.15, 0.2) is 0 Å². The van der Waals surface area contributed by atoms with Crippen LogP contribution in [0.15, 0.2) is 61.2 Å². The van der Waals surface area contributed by atoms with Crippen molar-refractivity contribution in [2.45, 2.75) is 45.8 Å². The van der Waals surface area contributed by atoms with Crippen LogP contribution >= 0.6 is 11.6 Å². The number of hydrogen-bond acceptors (Lipinski definition) is 5. The molecule has 1 heterocycles. The van der Waals surface area contributed by atoms with Gasteiger partial charge in [-0.2, -0.15) is 5.10 Å². The Morgan fingerprint density at radius 2 is 1.94 bits per heavy atom. The van der Waals surface area contributed by atoms with Crippen LogP contribution in [0.2, 0.25) is 5.02 Å². The monoisotopic (exact) mass is 483 g/mol. The number of benzene rings is 2. The van der Waals surface area contributed by atoms with Crippen molar-refractivity contribution in [2.24, 2.45) is 0 Å². The molecule has 0 aliphatic heterocycles. The predicted octanol–water partition coefficient (Wildman–Crippen LogP) is 6.17. The minimum absolute atomic E-state index is 0.418. The topological polar surface area (TPSA) is 59.8 Å². The van der Waals surface area contributed by atoms with Gasteiger partial charge in [-0.05, 0) is 75.2 Å². The van der Waals surface area contributed by atoms with Crippen molar-refractivity contribution >= 4 is 11.6 Å². The smallest absolute Gasteiger partial charge is 0.227 e.